The molecule has 0 aromatic rings. The predicted molar refractivity (Wildman–Crippen MR) is 104 cm³/mol. The summed E-state index contributed by atoms with van der Waals surface area (Å²) in [5.74, 6) is 6.17. The van der Waals surface area contributed by atoms with Gasteiger partial charge in [-0.1, -0.05) is 20.8 Å². The Kier molecular flexibility index (Phi) is 4.77. The topological polar surface area (TPSA) is 46.2 Å². The SMILES string of the molecule is CC[C@@]1(O)CC[C@@H]2C3CC[C@@]4(C)C(CCC4[C@H](C)CN)[C@@H]3CC[C@@H]2C1. The van der Waals surface area contributed by atoms with Crippen molar-refractivity contribution in [3.8, 4) is 0 Å². The number of aliphatic hydroxyl groups is 1. The van der Waals surface area contributed by atoms with Crippen molar-refractivity contribution in [3.63, 3.8) is 0 Å². The Morgan fingerprint density at radius 2 is 1.76 bits per heavy atom. The molecule has 0 aromatic carbocycles. The highest BCUT2D eigenvalue weighted by molar-refractivity contribution is 5.07. The summed E-state index contributed by atoms with van der Waals surface area (Å²) >= 11 is 0. The zero-order valence-corrected chi connectivity index (χ0v) is 16.8. The van der Waals surface area contributed by atoms with E-state index >= 15 is 0 Å². The van der Waals surface area contributed by atoms with Crippen LogP contribution >= 0.6 is 0 Å². The van der Waals surface area contributed by atoms with Crippen LogP contribution in [-0.2, 0) is 0 Å². The highest BCUT2D eigenvalue weighted by atomic mass is 16.3. The van der Waals surface area contributed by atoms with Crippen LogP contribution in [0.4, 0.5) is 0 Å². The average Bonchev–Trinajstić information content (AvgIpc) is 2.98. The average molecular weight is 348 g/mol. The first kappa shape index (κ1) is 18.3. The predicted octanol–water partition coefficient (Wildman–Crippen LogP) is 4.99. The van der Waals surface area contributed by atoms with Gasteiger partial charge in [-0.05, 0) is 118 Å². The molecule has 4 fully saturated rings. The van der Waals surface area contributed by atoms with Gasteiger partial charge >= 0.3 is 0 Å². The third-order valence-corrected chi connectivity index (χ3v) is 9.89. The molecule has 4 rings (SSSR count). The van der Waals surface area contributed by atoms with Gasteiger partial charge in [0.25, 0.3) is 0 Å². The monoisotopic (exact) mass is 347 g/mol. The molecule has 144 valence electrons. The maximum Gasteiger partial charge on any atom is 0.0648 e. The Bertz CT molecular complexity index is 492. The van der Waals surface area contributed by atoms with E-state index in [0.29, 0.717) is 11.3 Å². The summed E-state index contributed by atoms with van der Waals surface area (Å²) in [4.78, 5) is 0. The van der Waals surface area contributed by atoms with Crippen molar-refractivity contribution >= 4 is 0 Å². The maximum atomic E-state index is 10.8. The maximum absolute atomic E-state index is 10.8. The van der Waals surface area contributed by atoms with Crippen molar-refractivity contribution in [1.29, 1.82) is 0 Å². The molecule has 9 atom stereocenters. The van der Waals surface area contributed by atoms with Gasteiger partial charge in [-0.3, -0.25) is 0 Å². The van der Waals surface area contributed by atoms with Gasteiger partial charge in [0.05, 0.1) is 5.60 Å². The molecule has 0 heterocycles. The molecule has 0 aromatic heterocycles. The zero-order chi connectivity index (χ0) is 17.8. The molecule has 0 amide bonds. The second kappa shape index (κ2) is 6.51. The molecule has 3 N–H and O–H groups in total. The smallest absolute Gasteiger partial charge is 0.0648 e. The highest BCUT2D eigenvalue weighted by Crippen LogP contribution is 2.65. The summed E-state index contributed by atoms with van der Waals surface area (Å²) < 4.78 is 0. The molecule has 0 radical (unpaired) electrons. The fourth-order valence-electron chi connectivity index (χ4n) is 8.42. The van der Waals surface area contributed by atoms with E-state index in [9.17, 15) is 5.11 Å². The summed E-state index contributed by atoms with van der Waals surface area (Å²) in [7, 11) is 0. The highest BCUT2D eigenvalue weighted by Gasteiger charge is 2.58. The molecule has 2 nitrogen and oxygen atoms in total. The second-order valence-corrected chi connectivity index (χ2v) is 10.7. The van der Waals surface area contributed by atoms with Crippen molar-refractivity contribution in [1.82, 2.24) is 0 Å². The quantitative estimate of drug-likeness (QED) is 0.755. The molecule has 0 saturated heterocycles. The molecule has 0 spiro atoms. The number of rotatable bonds is 3. The molecule has 25 heavy (non-hydrogen) atoms. The lowest BCUT2D eigenvalue weighted by atomic mass is 9.48. The standard InChI is InChI=1S/C23H41NO/c1-4-23(25)12-10-17-16(13-23)5-6-19-18(17)9-11-22(3)20(15(2)14-24)7-8-21(19)22/h15-21,25H,4-14,24H2,1-3H3/t15-,16-,17+,18?,19-,20?,21?,22-,23-/m1/s1. The van der Waals surface area contributed by atoms with Crippen LogP contribution in [0.15, 0.2) is 0 Å². The Hall–Kier alpha value is -0.0800. The molecule has 4 saturated carbocycles. The largest absolute Gasteiger partial charge is 0.390 e. The van der Waals surface area contributed by atoms with E-state index in [1.54, 1.807) is 0 Å². The van der Waals surface area contributed by atoms with E-state index < -0.39 is 0 Å². The van der Waals surface area contributed by atoms with E-state index in [4.69, 9.17) is 5.73 Å². The van der Waals surface area contributed by atoms with Crippen LogP contribution < -0.4 is 5.73 Å². The van der Waals surface area contributed by atoms with Gasteiger partial charge in [0, 0.05) is 0 Å². The normalized spacial score (nSPS) is 53.6. The number of nitrogens with two attached hydrogens (primary N) is 1. The third kappa shape index (κ3) is 2.81. The summed E-state index contributed by atoms with van der Waals surface area (Å²) in [6.45, 7) is 8.06. The molecular formula is C23H41NO. The van der Waals surface area contributed by atoms with Crippen molar-refractivity contribution in [2.45, 2.75) is 90.6 Å². The number of fused-ring (bicyclic) bond motifs is 5. The summed E-state index contributed by atoms with van der Waals surface area (Å²) in [5.41, 5.74) is 6.29. The Labute approximate surface area is 155 Å². The van der Waals surface area contributed by atoms with Crippen LogP contribution in [0.5, 0.6) is 0 Å². The third-order valence-electron chi connectivity index (χ3n) is 9.89. The molecule has 2 heteroatoms. The molecule has 4 aliphatic rings. The van der Waals surface area contributed by atoms with Crippen LogP contribution in [0.1, 0.15) is 85.0 Å². The molecule has 0 aliphatic heterocycles. The molecular weight excluding hydrogens is 306 g/mol. The van der Waals surface area contributed by atoms with E-state index in [1.807, 2.05) is 0 Å². The minimum absolute atomic E-state index is 0.341. The molecule has 4 aliphatic carbocycles. The van der Waals surface area contributed by atoms with E-state index in [-0.39, 0.29) is 5.60 Å². The zero-order valence-electron chi connectivity index (χ0n) is 16.8. The van der Waals surface area contributed by atoms with Gasteiger partial charge in [-0.15, -0.1) is 0 Å². The van der Waals surface area contributed by atoms with Crippen molar-refractivity contribution < 1.29 is 5.11 Å². The van der Waals surface area contributed by atoms with Crippen molar-refractivity contribution in [2.24, 2.45) is 52.6 Å². The van der Waals surface area contributed by atoms with E-state index in [0.717, 1.165) is 61.3 Å². The summed E-state index contributed by atoms with van der Waals surface area (Å²) in [6, 6.07) is 0. The Morgan fingerprint density at radius 1 is 1.00 bits per heavy atom. The Morgan fingerprint density at radius 3 is 2.48 bits per heavy atom. The van der Waals surface area contributed by atoms with Crippen LogP contribution in [0, 0.1) is 46.8 Å². The van der Waals surface area contributed by atoms with Gasteiger partial charge < -0.3 is 10.8 Å². The van der Waals surface area contributed by atoms with E-state index in [1.165, 1.54) is 44.9 Å². The van der Waals surface area contributed by atoms with Gasteiger partial charge in [0.15, 0.2) is 0 Å². The summed E-state index contributed by atoms with van der Waals surface area (Å²) in [6.07, 6.45) is 13.0. The Balaban J connectivity index is 1.51. The van der Waals surface area contributed by atoms with Crippen LogP contribution in [0.2, 0.25) is 0 Å². The van der Waals surface area contributed by atoms with Gasteiger partial charge in [-0.25, -0.2) is 0 Å². The van der Waals surface area contributed by atoms with Crippen LogP contribution in [-0.4, -0.2) is 17.3 Å². The fourth-order valence-corrected chi connectivity index (χ4v) is 8.42. The lowest BCUT2D eigenvalue weighted by Crippen LogP contribution is -2.51. The lowest BCUT2D eigenvalue weighted by molar-refractivity contribution is -0.108. The minimum atomic E-state index is -0.341. The fraction of sp³-hybridized carbons (Fsp3) is 1.00. The van der Waals surface area contributed by atoms with Crippen molar-refractivity contribution in [2.75, 3.05) is 6.54 Å². The van der Waals surface area contributed by atoms with Gasteiger partial charge in [0.1, 0.15) is 0 Å². The first-order chi connectivity index (χ1) is 11.9. The first-order valence-corrected chi connectivity index (χ1v) is 11.3. The molecule has 0 bridgehead atoms. The van der Waals surface area contributed by atoms with Gasteiger partial charge in [-0.2, -0.15) is 0 Å². The second-order valence-electron chi connectivity index (χ2n) is 10.7. The van der Waals surface area contributed by atoms with Crippen LogP contribution in [0.25, 0.3) is 0 Å². The number of hydrogen-bond acceptors (Lipinski definition) is 2. The summed E-state index contributed by atoms with van der Waals surface area (Å²) in [5, 5.41) is 10.8. The number of hydrogen-bond donors (Lipinski definition) is 2. The first-order valence-electron chi connectivity index (χ1n) is 11.3. The van der Waals surface area contributed by atoms with Crippen LogP contribution in [0.3, 0.4) is 0 Å². The minimum Gasteiger partial charge on any atom is -0.390 e. The van der Waals surface area contributed by atoms with Gasteiger partial charge in [0.2, 0.25) is 0 Å². The van der Waals surface area contributed by atoms with Crippen molar-refractivity contribution in [3.05, 3.63) is 0 Å². The van der Waals surface area contributed by atoms with E-state index in [2.05, 4.69) is 20.8 Å². The lowest BCUT2D eigenvalue weighted by Gasteiger charge is -2.57. The molecule has 3 unspecified atom stereocenters.